The summed E-state index contributed by atoms with van der Waals surface area (Å²) in [5, 5.41) is 22.1. The Hall–Kier alpha value is -2.44. The Kier molecular flexibility index (Phi) is 2.05. The van der Waals surface area contributed by atoms with Gasteiger partial charge in [-0.15, -0.1) is 0 Å². The minimum absolute atomic E-state index is 0.317. The van der Waals surface area contributed by atoms with Crippen molar-refractivity contribution in [1.82, 2.24) is 10.2 Å². The predicted molar refractivity (Wildman–Crippen MR) is 50.0 cm³/mol. The molecule has 15 heavy (non-hydrogen) atoms. The zero-order chi connectivity index (χ0) is 10.8. The van der Waals surface area contributed by atoms with Gasteiger partial charge in [0.15, 0.2) is 12.0 Å². The van der Waals surface area contributed by atoms with Crippen molar-refractivity contribution in [1.29, 1.82) is 0 Å². The zero-order valence-corrected chi connectivity index (χ0v) is 7.51. The SMILES string of the molecule is [NH2+]=Cc1cn[nH]c1-c1ccc([N+](=O)[O-])o1. The summed E-state index contributed by atoms with van der Waals surface area (Å²) in [6, 6.07) is 2.76. The van der Waals surface area contributed by atoms with Gasteiger partial charge in [-0.2, -0.15) is 5.10 Å². The topological polar surface area (TPSA) is 111 Å². The van der Waals surface area contributed by atoms with Crippen molar-refractivity contribution in [3.8, 4) is 11.5 Å². The van der Waals surface area contributed by atoms with Crippen LogP contribution in [-0.2, 0) is 0 Å². The summed E-state index contributed by atoms with van der Waals surface area (Å²) in [6.07, 6.45) is 2.84. The highest BCUT2D eigenvalue weighted by molar-refractivity contribution is 5.83. The van der Waals surface area contributed by atoms with Crippen molar-refractivity contribution in [2.24, 2.45) is 0 Å². The van der Waals surface area contributed by atoms with Crippen LogP contribution >= 0.6 is 0 Å². The summed E-state index contributed by atoms with van der Waals surface area (Å²) in [4.78, 5) is 9.79. The molecule has 0 amide bonds. The lowest BCUT2D eigenvalue weighted by atomic mass is 10.2. The van der Waals surface area contributed by atoms with Gasteiger partial charge in [-0.1, -0.05) is 0 Å². The molecule has 0 saturated heterocycles. The molecule has 2 aromatic rings. The van der Waals surface area contributed by atoms with Gasteiger partial charge in [0, 0.05) is 0 Å². The van der Waals surface area contributed by atoms with Crippen molar-refractivity contribution in [3.63, 3.8) is 0 Å². The molecule has 2 rings (SSSR count). The second kappa shape index (κ2) is 3.37. The quantitative estimate of drug-likeness (QED) is 0.411. The van der Waals surface area contributed by atoms with E-state index in [-0.39, 0.29) is 5.88 Å². The molecule has 0 aliphatic carbocycles. The van der Waals surface area contributed by atoms with Crippen molar-refractivity contribution in [2.75, 3.05) is 0 Å². The van der Waals surface area contributed by atoms with Crippen LogP contribution in [-0.4, -0.2) is 21.3 Å². The van der Waals surface area contributed by atoms with Gasteiger partial charge in [-0.3, -0.25) is 20.6 Å². The number of nitrogens with two attached hydrogens (primary N) is 1. The highest BCUT2D eigenvalue weighted by Crippen LogP contribution is 2.25. The van der Waals surface area contributed by atoms with Gasteiger partial charge in [-0.25, -0.2) is 0 Å². The summed E-state index contributed by atoms with van der Waals surface area (Å²) in [5.41, 5.74) is 1.14. The Labute approximate surface area is 83.4 Å². The first-order chi connectivity index (χ1) is 7.22. The first kappa shape index (κ1) is 9.13. The lowest BCUT2D eigenvalue weighted by Gasteiger charge is -1.89. The molecule has 2 aromatic heterocycles. The second-order valence-corrected chi connectivity index (χ2v) is 2.76. The third kappa shape index (κ3) is 1.50. The van der Waals surface area contributed by atoms with Crippen molar-refractivity contribution < 1.29 is 14.7 Å². The van der Waals surface area contributed by atoms with Crippen molar-refractivity contribution >= 4 is 12.1 Å². The smallest absolute Gasteiger partial charge is 0.399 e. The normalized spacial score (nSPS) is 10.1. The number of nitrogens with one attached hydrogen (secondary N) is 1. The van der Waals surface area contributed by atoms with Crippen LogP contribution < -0.4 is 5.41 Å². The van der Waals surface area contributed by atoms with E-state index in [4.69, 9.17) is 9.83 Å². The fourth-order valence-electron chi connectivity index (χ4n) is 1.18. The van der Waals surface area contributed by atoms with E-state index in [9.17, 15) is 10.1 Å². The molecule has 0 radical (unpaired) electrons. The third-order valence-corrected chi connectivity index (χ3v) is 1.87. The molecule has 0 unspecified atom stereocenters. The maximum atomic E-state index is 10.4. The van der Waals surface area contributed by atoms with E-state index in [1.165, 1.54) is 24.5 Å². The molecule has 0 atom stereocenters. The number of nitro groups is 1. The maximum absolute atomic E-state index is 10.4. The predicted octanol–water partition coefficient (Wildman–Crippen LogP) is -0.244. The van der Waals surface area contributed by atoms with E-state index in [2.05, 4.69) is 10.2 Å². The Balaban J connectivity index is 2.45. The van der Waals surface area contributed by atoms with Gasteiger partial charge >= 0.3 is 5.88 Å². The van der Waals surface area contributed by atoms with E-state index in [0.717, 1.165) is 0 Å². The molecule has 0 aliphatic heterocycles. The number of rotatable bonds is 3. The van der Waals surface area contributed by atoms with Crippen LogP contribution in [0.2, 0.25) is 0 Å². The molecular weight excluding hydrogens is 200 g/mol. The number of hydrogen-bond acceptors (Lipinski definition) is 4. The highest BCUT2D eigenvalue weighted by atomic mass is 16.6. The zero-order valence-electron chi connectivity index (χ0n) is 7.51. The Morgan fingerprint density at radius 3 is 3.00 bits per heavy atom. The van der Waals surface area contributed by atoms with E-state index in [1.807, 2.05) is 0 Å². The van der Waals surface area contributed by atoms with E-state index in [0.29, 0.717) is 17.0 Å². The number of H-pyrrole nitrogens is 1. The minimum Gasteiger partial charge on any atom is -0.399 e. The Morgan fingerprint density at radius 1 is 1.60 bits per heavy atom. The van der Waals surface area contributed by atoms with Crippen LogP contribution in [0.5, 0.6) is 0 Å². The van der Waals surface area contributed by atoms with Crippen molar-refractivity contribution in [3.05, 3.63) is 34.0 Å². The second-order valence-electron chi connectivity index (χ2n) is 2.76. The van der Waals surface area contributed by atoms with Gasteiger partial charge in [0.2, 0.25) is 0 Å². The highest BCUT2D eigenvalue weighted by Gasteiger charge is 2.16. The summed E-state index contributed by atoms with van der Waals surface area (Å²) in [7, 11) is 0. The molecule has 7 heteroatoms. The first-order valence-corrected chi connectivity index (χ1v) is 4.05. The largest absolute Gasteiger partial charge is 0.433 e. The standard InChI is InChI=1S/C8H6N4O3/c9-3-5-4-10-11-8(5)6-1-2-7(15-6)12(13)14/h1-4,9H,(H,10,11)/p+1. The van der Waals surface area contributed by atoms with Crippen LogP contribution in [0.1, 0.15) is 5.56 Å². The van der Waals surface area contributed by atoms with Gasteiger partial charge in [0.1, 0.15) is 10.6 Å². The van der Waals surface area contributed by atoms with Gasteiger partial charge in [0.25, 0.3) is 0 Å². The molecule has 76 valence electrons. The van der Waals surface area contributed by atoms with Crippen LogP contribution in [0.25, 0.3) is 11.5 Å². The summed E-state index contributed by atoms with van der Waals surface area (Å²) in [5.74, 6) is 0.0125. The van der Waals surface area contributed by atoms with Crippen LogP contribution in [0.3, 0.4) is 0 Å². The lowest BCUT2D eigenvalue weighted by molar-refractivity contribution is -0.401. The summed E-state index contributed by atoms with van der Waals surface area (Å²) >= 11 is 0. The van der Waals surface area contributed by atoms with Crippen LogP contribution in [0, 0.1) is 10.1 Å². The molecule has 0 saturated carbocycles. The average Bonchev–Trinajstić information content (AvgIpc) is 2.85. The fourth-order valence-corrected chi connectivity index (χ4v) is 1.18. The molecule has 2 heterocycles. The number of hydrogen-bond donors (Lipinski definition) is 2. The summed E-state index contributed by atoms with van der Waals surface area (Å²) < 4.78 is 4.99. The van der Waals surface area contributed by atoms with E-state index in [1.54, 1.807) is 0 Å². The molecule has 0 spiro atoms. The molecule has 7 nitrogen and oxygen atoms in total. The van der Waals surface area contributed by atoms with Gasteiger partial charge in [-0.05, 0) is 6.07 Å². The molecule has 3 N–H and O–H groups in total. The number of aromatic nitrogens is 2. The maximum Gasteiger partial charge on any atom is 0.433 e. The lowest BCUT2D eigenvalue weighted by Crippen LogP contribution is -2.29. The molecule has 0 fully saturated rings. The first-order valence-electron chi connectivity index (χ1n) is 4.05. The van der Waals surface area contributed by atoms with E-state index < -0.39 is 4.92 Å². The Bertz CT molecular complexity index is 513. The third-order valence-electron chi connectivity index (χ3n) is 1.87. The average molecular weight is 207 g/mol. The van der Waals surface area contributed by atoms with Crippen molar-refractivity contribution in [2.45, 2.75) is 0 Å². The Morgan fingerprint density at radius 2 is 2.40 bits per heavy atom. The fraction of sp³-hybridized carbons (Fsp3) is 0. The van der Waals surface area contributed by atoms with Gasteiger partial charge in [0.05, 0.1) is 17.8 Å². The van der Waals surface area contributed by atoms with Crippen LogP contribution in [0.15, 0.2) is 22.7 Å². The summed E-state index contributed by atoms with van der Waals surface area (Å²) in [6.45, 7) is 0. The number of nitrogens with zero attached hydrogens (tertiary/aromatic N) is 2. The van der Waals surface area contributed by atoms with E-state index >= 15 is 0 Å². The molecule has 0 aliphatic rings. The monoisotopic (exact) mass is 207 g/mol. The molecule has 0 aromatic carbocycles. The number of furan rings is 1. The molecular formula is C8H7N4O3+. The molecule has 0 bridgehead atoms. The van der Waals surface area contributed by atoms with Gasteiger partial charge < -0.3 is 4.42 Å². The van der Waals surface area contributed by atoms with Crippen LogP contribution in [0.4, 0.5) is 5.88 Å². The number of aromatic amines is 1. The minimum atomic E-state index is -0.605.